The van der Waals surface area contributed by atoms with Gasteiger partial charge >= 0.3 is 0 Å². The number of hydrogen-bond acceptors (Lipinski definition) is 2. The molecule has 4 nitrogen and oxygen atoms in total. The van der Waals surface area contributed by atoms with E-state index in [0.717, 1.165) is 19.4 Å². The van der Waals surface area contributed by atoms with Crippen LogP contribution in [0.5, 0.6) is 0 Å². The van der Waals surface area contributed by atoms with Gasteiger partial charge in [0.05, 0.1) is 12.6 Å². The number of carbonyl (C=O) groups is 2. The van der Waals surface area contributed by atoms with E-state index in [9.17, 15) is 9.59 Å². The van der Waals surface area contributed by atoms with Crippen molar-refractivity contribution in [2.75, 3.05) is 13.1 Å². The molecule has 1 N–H and O–H groups in total. The van der Waals surface area contributed by atoms with Gasteiger partial charge in [0.25, 0.3) is 5.91 Å². The predicted octanol–water partition coefficient (Wildman–Crippen LogP) is 3.09. The van der Waals surface area contributed by atoms with Crippen molar-refractivity contribution < 1.29 is 9.59 Å². The second-order valence-electron chi connectivity index (χ2n) is 6.20. The van der Waals surface area contributed by atoms with Crippen LogP contribution in [-0.2, 0) is 4.79 Å². The number of amides is 2. The third kappa shape index (κ3) is 3.65. The summed E-state index contributed by atoms with van der Waals surface area (Å²) in [5, 5.41) is 2.73. The molecule has 0 aromatic heterocycles. The Balaban J connectivity index is 1.61. The summed E-state index contributed by atoms with van der Waals surface area (Å²) >= 11 is 0. The second-order valence-corrected chi connectivity index (χ2v) is 6.20. The maximum atomic E-state index is 12.5. The Labute approximate surface area is 142 Å². The van der Waals surface area contributed by atoms with E-state index < -0.39 is 0 Å². The Morgan fingerprint density at radius 3 is 2.50 bits per heavy atom. The fourth-order valence-corrected chi connectivity index (χ4v) is 3.15. The molecule has 1 atom stereocenters. The lowest BCUT2D eigenvalue weighted by molar-refractivity contribution is -0.131. The van der Waals surface area contributed by atoms with Gasteiger partial charge in [-0.1, -0.05) is 48.0 Å². The Bertz CT molecular complexity index is 710. The highest BCUT2D eigenvalue weighted by Gasteiger charge is 2.29. The predicted molar refractivity (Wildman–Crippen MR) is 93.6 cm³/mol. The lowest BCUT2D eigenvalue weighted by Gasteiger charge is -2.25. The molecule has 1 saturated heterocycles. The van der Waals surface area contributed by atoms with Crippen molar-refractivity contribution in [2.24, 2.45) is 0 Å². The highest BCUT2D eigenvalue weighted by atomic mass is 16.2. The zero-order valence-corrected chi connectivity index (χ0v) is 13.9. The van der Waals surface area contributed by atoms with Crippen LogP contribution in [0.3, 0.4) is 0 Å². The maximum absolute atomic E-state index is 12.5. The molecular formula is C20H22N2O2. The molecule has 1 unspecified atom stereocenters. The third-order valence-corrected chi connectivity index (χ3v) is 4.47. The molecule has 0 bridgehead atoms. The van der Waals surface area contributed by atoms with Crippen LogP contribution in [0.2, 0.25) is 0 Å². The summed E-state index contributed by atoms with van der Waals surface area (Å²) in [6.07, 6.45) is 1.97. The molecule has 0 spiro atoms. The quantitative estimate of drug-likeness (QED) is 0.940. The van der Waals surface area contributed by atoms with Crippen molar-refractivity contribution in [1.82, 2.24) is 10.2 Å². The number of aryl methyl sites for hydroxylation is 1. The number of nitrogens with zero attached hydrogens (tertiary/aromatic N) is 1. The summed E-state index contributed by atoms with van der Waals surface area (Å²) in [5.41, 5.74) is 2.95. The average molecular weight is 322 g/mol. The van der Waals surface area contributed by atoms with Crippen LogP contribution in [-0.4, -0.2) is 29.8 Å². The van der Waals surface area contributed by atoms with Crippen molar-refractivity contribution in [3.8, 4) is 0 Å². The van der Waals surface area contributed by atoms with Crippen molar-refractivity contribution in [3.63, 3.8) is 0 Å². The first-order chi connectivity index (χ1) is 11.6. The number of carbonyl (C=O) groups excluding carboxylic acids is 2. The Morgan fingerprint density at radius 2 is 1.79 bits per heavy atom. The first-order valence-corrected chi connectivity index (χ1v) is 8.34. The molecule has 24 heavy (non-hydrogen) atoms. The summed E-state index contributed by atoms with van der Waals surface area (Å²) < 4.78 is 0. The van der Waals surface area contributed by atoms with Crippen molar-refractivity contribution in [2.45, 2.75) is 25.8 Å². The van der Waals surface area contributed by atoms with Gasteiger partial charge in [0.2, 0.25) is 5.91 Å². The van der Waals surface area contributed by atoms with Crippen LogP contribution in [0, 0.1) is 6.92 Å². The highest BCUT2D eigenvalue weighted by Crippen LogP contribution is 2.31. The second kappa shape index (κ2) is 7.30. The molecule has 1 heterocycles. The minimum atomic E-state index is -0.213. The number of benzene rings is 2. The minimum Gasteiger partial charge on any atom is -0.343 e. The van der Waals surface area contributed by atoms with Gasteiger partial charge in [0, 0.05) is 12.1 Å². The van der Waals surface area contributed by atoms with E-state index >= 15 is 0 Å². The summed E-state index contributed by atoms with van der Waals surface area (Å²) in [6.45, 7) is 2.84. The molecule has 0 aliphatic carbocycles. The van der Waals surface area contributed by atoms with Gasteiger partial charge in [-0.15, -0.1) is 0 Å². The third-order valence-electron chi connectivity index (χ3n) is 4.47. The summed E-state index contributed by atoms with van der Waals surface area (Å²) in [5.74, 6) is -0.239. The average Bonchev–Trinajstić information content (AvgIpc) is 3.10. The molecule has 1 aliphatic heterocycles. The normalized spacial score (nSPS) is 16.9. The van der Waals surface area contributed by atoms with Gasteiger partial charge in [0.15, 0.2) is 0 Å². The van der Waals surface area contributed by atoms with Crippen molar-refractivity contribution in [3.05, 3.63) is 71.3 Å². The van der Waals surface area contributed by atoms with E-state index in [2.05, 4.69) is 36.5 Å². The number of rotatable bonds is 4. The van der Waals surface area contributed by atoms with E-state index in [-0.39, 0.29) is 24.4 Å². The number of nitrogens with one attached hydrogen (secondary N) is 1. The zero-order valence-electron chi connectivity index (χ0n) is 13.9. The van der Waals surface area contributed by atoms with Gasteiger partial charge < -0.3 is 10.2 Å². The Hall–Kier alpha value is -2.62. The van der Waals surface area contributed by atoms with Gasteiger partial charge in [-0.05, 0) is 37.5 Å². The fourth-order valence-electron chi connectivity index (χ4n) is 3.15. The summed E-state index contributed by atoms with van der Waals surface area (Å²) in [6, 6.07) is 17.4. The van der Waals surface area contributed by atoms with Gasteiger partial charge in [0.1, 0.15) is 0 Å². The van der Waals surface area contributed by atoms with E-state index in [4.69, 9.17) is 0 Å². The van der Waals surface area contributed by atoms with Crippen LogP contribution in [0.1, 0.15) is 40.4 Å². The van der Waals surface area contributed by atoms with Gasteiger partial charge in [-0.2, -0.15) is 0 Å². The first-order valence-electron chi connectivity index (χ1n) is 8.34. The Morgan fingerprint density at radius 1 is 1.08 bits per heavy atom. The molecule has 0 saturated carbocycles. The SMILES string of the molecule is Cc1ccc(C2CCCN2C(=O)CNC(=O)c2ccccc2)cc1. The standard InChI is InChI=1S/C20H22N2O2/c1-15-9-11-16(12-10-15)18-8-5-13-22(18)19(23)14-21-20(24)17-6-3-2-4-7-17/h2-4,6-7,9-12,18H,5,8,13-14H2,1H3,(H,21,24). The largest absolute Gasteiger partial charge is 0.343 e. The topological polar surface area (TPSA) is 49.4 Å². The Kier molecular flexibility index (Phi) is 4.94. The van der Waals surface area contributed by atoms with Crippen LogP contribution in [0.4, 0.5) is 0 Å². The van der Waals surface area contributed by atoms with Crippen molar-refractivity contribution >= 4 is 11.8 Å². The fraction of sp³-hybridized carbons (Fsp3) is 0.300. The number of hydrogen-bond donors (Lipinski definition) is 1. The van der Waals surface area contributed by atoms with Crippen molar-refractivity contribution in [1.29, 1.82) is 0 Å². The molecule has 124 valence electrons. The molecule has 1 fully saturated rings. The number of likely N-dealkylation sites (tertiary alicyclic amines) is 1. The lowest BCUT2D eigenvalue weighted by atomic mass is 10.0. The molecule has 2 aromatic rings. The van der Waals surface area contributed by atoms with Crippen LogP contribution in [0.15, 0.2) is 54.6 Å². The summed E-state index contributed by atoms with van der Waals surface area (Å²) in [4.78, 5) is 26.5. The minimum absolute atomic E-state index is 0.0256. The molecule has 3 rings (SSSR count). The smallest absolute Gasteiger partial charge is 0.251 e. The van der Waals surface area contributed by atoms with E-state index in [1.165, 1.54) is 11.1 Å². The molecule has 2 amide bonds. The van der Waals surface area contributed by atoms with Crippen LogP contribution < -0.4 is 5.32 Å². The first kappa shape index (κ1) is 16.2. The molecule has 2 aromatic carbocycles. The van der Waals surface area contributed by atoms with Crippen LogP contribution >= 0.6 is 0 Å². The monoisotopic (exact) mass is 322 g/mol. The van der Waals surface area contributed by atoms with E-state index in [0.29, 0.717) is 5.56 Å². The summed E-state index contributed by atoms with van der Waals surface area (Å²) in [7, 11) is 0. The molecule has 1 aliphatic rings. The molecule has 4 heteroatoms. The highest BCUT2D eigenvalue weighted by molar-refractivity contribution is 5.96. The van der Waals surface area contributed by atoms with Gasteiger partial charge in [-0.25, -0.2) is 0 Å². The van der Waals surface area contributed by atoms with Gasteiger partial charge in [-0.3, -0.25) is 9.59 Å². The van der Waals surface area contributed by atoms with E-state index in [1.54, 1.807) is 12.1 Å². The molecular weight excluding hydrogens is 300 g/mol. The van der Waals surface area contributed by atoms with Crippen LogP contribution in [0.25, 0.3) is 0 Å². The lowest BCUT2D eigenvalue weighted by Crippen LogP contribution is -2.39. The molecule has 0 radical (unpaired) electrons. The van der Waals surface area contributed by atoms with E-state index in [1.807, 2.05) is 23.1 Å². The zero-order chi connectivity index (χ0) is 16.9. The maximum Gasteiger partial charge on any atom is 0.251 e.